The number of nitrogens with one attached hydrogen (secondary N) is 2. The molecule has 3 rings (SSSR count). The molecule has 0 fully saturated rings. The van der Waals surface area contributed by atoms with Crippen LogP contribution in [-0.2, 0) is 0 Å². The maximum absolute atomic E-state index is 13.1. The Morgan fingerprint density at radius 2 is 1.71 bits per heavy atom. The Labute approximate surface area is 157 Å². The van der Waals surface area contributed by atoms with Gasteiger partial charge < -0.3 is 10.6 Å². The first-order chi connectivity index (χ1) is 13.2. The van der Waals surface area contributed by atoms with E-state index in [1.807, 2.05) is 0 Å². The number of amides is 1. The number of hydrogen-bond donors (Lipinski definition) is 2. The standard InChI is InChI=1S/C18H15F4N5O/c1-11-16(25-26-27(11)13-8-6-12(19)7-9-13)17(28)24-15-5-3-2-4-14(15)23-10-18(20,21)22/h2-9,23H,10H2,1H3,(H,24,28). The SMILES string of the molecule is Cc1c(C(=O)Nc2ccccc2NCC(F)(F)F)nnn1-c1ccc(F)cc1. The third kappa shape index (κ3) is 4.45. The smallest absolute Gasteiger partial charge is 0.375 e. The first-order valence-electron chi connectivity index (χ1n) is 8.14. The van der Waals surface area contributed by atoms with Gasteiger partial charge in [-0.2, -0.15) is 13.2 Å². The molecule has 146 valence electrons. The molecule has 3 aromatic rings. The van der Waals surface area contributed by atoms with Crippen LogP contribution in [0.4, 0.5) is 28.9 Å². The van der Waals surface area contributed by atoms with Crippen LogP contribution in [0.15, 0.2) is 48.5 Å². The van der Waals surface area contributed by atoms with E-state index in [0.717, 1.165) is 0 Å². The van der Waals surface area contributed by atoms with Crippen LogP contribution in [0, 0.1) is 12.7 Å². The second kappa shape index (κ2) is 7.67. The highest BCUT2D eigenvalue weighted by molar-refractivity contribution is 6.05. The number of benzene rings is 2. The molecule has 1 aromatic heterocycles. The van der Waals surface area contributed by atoms with Crippen molar-refractivity contribution >= 4 is 17.3 Å². The number of carbonyl (C=O) groups excluding carboxylic acids is 1. The highest BCUT2D eigenvalue weighted by Gasteiger charge is 2.27. The van der Waals surface area contributed by atoms with Gasteiger partial charge in [-0.15, -0.1) is 5.10 Å². The summed E-state index contributed by atoms with van der Waals surface area (Å²) in [5.74, 6) is -1.05. The molecular formula is C18H15F4N5O. The summed E-state index contributed by atoms with van der Waals surface area (Å²) in [6.45, 7) is 0.367. The van der Waals surface area contributed by atoms with Gasteiger partial charge in [0.15, 0.2) is 5.69 Å². The van der Waals surface area contributed by atoms with E-state index in [1.54, 1.807) is 19.1 Å². The quantitative estimate of drug-likeness (QED) is 0.644. The molecule has 0 saturated carbocycles. The Bertz CT molecular complexity index is 982. The number of rotatable bonds is 5. The predicted molar refractivity (Wildman–Crippen MR) is 95.0 cm³/mol. The zero-order valence-corrected chi connectivity index (χ0v) is 14.6. The molecule has 0 atom stereocenters. The van der Waals surface area contributed by atoms with Crippen LogP contribution in [-0.4, -0.2) is 33.6 Å². The summed E-state index contributed by atoms with van der Waals surface area (Å²) in [6.07, 6.45) is -4.40. The molecular weight excluding hydrogens is 378 g/mol. The number of alkyl halides is 3. The fourth-order valence-corrected chi connectivity index (χ4v) is 2.49. The van der Waals surface area contributed by atoms with Crippen LogP contribution >= 0.6 is 0 Å². The lowest BCUT2D eigenvalue weighted by atomic mass is 10.2. The molecule has 0 unspecified atom stereocenters. The van der Waals surface area contributed by atoms with Gasteiger partial charge in [-0.1, -0.05) is 17.3 Å². The molecule has 2 aromatic carbocycles. The second-order valence-electron chi connectivity index (χ2n) is 5.88. The van der Waals surface area contributed by atoms with Crippen molar-refractivity contribution in [3.05, 3.63) is 65.7 Å². The molecule has 0 radical (unpaired) electrons. The number of anilines is 2. The molecule has 0 aliphatic heterocycles. The van der Waals surface area contributed by atoms with Crippen molar-refractivity contribution < 1.29 is 22.4 Å². The fraction of sp³-hybridized carbons (Fsp3) is 0.167. The third-order valence-electron chi connectivity index (χ3n) is 3.84. The average Bonchev–Trinajstić information content (AvgIpc) is 3.02. The summed E-state index contributed by atoms with van der Waals surface area (Å²) >= 11 is 0. The van der Waals surface area contributed by atoms with E-state index in [0.29, 0.717) is 11.4 Å². The van der Waals surface area contributed by atoms with Crippen molar-refractivity contribution in [1.82, 2.24) is 15.0 Å². The number of halogens is 4. The second-order valence-corrected chi connectivity index (χ2v) is 5.88. The Morgan fingerprint density at radius 3 is 2.36 bits per heavy atom. The average molecular weight is 393 g/mol. The largest absolute Gasteiger partial charge is 0.405 e. The van der Waals surface area contributed by atoms with Gasteiger partial charge in [-0.05, 0) is 43.3 Å². The van der Waals surface area contributed by atoms with E-state index in [-0.39, 0.29) is 17.1 Å². The van der Waals surface area contributed by atoms with E-state index in [4.69, 9.17) is 0 Å². The van der Waals surface area contributed by atoms with Gasteiger partial charge in [-0.25, -0.2) is 9.07 Å². The molecule has 0 bridgehead atoms. The van der Waals surface area contributed by atoms with E-state index >= 15 is 0 Å². The van der Waals surface area contributed by atoms with Crippen LogP contribution in [0.5, 0.6) is 0 Å². The fourth-order valence-electron chi connectivity index (χ4n) is 2.49. The minimum atomic E-state index is -4.40. The van der Waals surface area contributed by atoms with Crippen molar-refractivity contribution in [2.45, 2.75) is 13.1 Å². The maximum atomic E-state index is 13.1. The highest BCUT2D eigenvalue weighted by Crippen LogP contribution is 2.24. The molecule has 0 aliphatic rings. The number of hydrogen-bond acceptors (Lipinski definition) is 4. The summed E-state index contributed by atoms with van der Waals surface area (Å²) in [7, 11) is 0. The van der Waals surface area contributed by atoms with Gasteiger partial charge in [-0.3, -0.25) is 4.79 Å². The van der Waals surface area contributed by atoms with Gasteiger partial charge in [0.1, 0.15) is 12.4 Å². The van der Waals surface area contributed by atoms with Crippen LogP contribution in [0.2, 0.25) is 0 Å². The van der Waals surface area contributed by atoms with Crippen LogP contribution in [0.25, 0.3) is 5.69 Å². The van der Waals surface area contributed by atoms with Gasteiger partial charge in [0, 0.05) is 0 Å². The number of nitrogens with zero attached hydrogens (tertiary/aromatic N) is 3. The van der Waals surface area contributed by atoms with Gasteiger partial charge in [0.25, 0.3) is 5.91 Å². The summed E-state index contributed by atoms with van der Waals surface area (Å²) in [5.41, 5.74) is 1.20. The Hall–Kier alpha value is -3.43. The number of aromatic nitrogens is 3. The normalized spacial score (nSPS) is 11.3. The molecule has 0 saturated heterocycles. The summed E-state index contributed by atoms with van der Waals surface area (Å²) in [4.78, 5) is 12.6. The zero-order chi connectivity index (χ0) is 20.3. The topological polar surface area (TPSA) is 71.8 Å². The summed E-state index contributed by atoms with van der Waals surface area (Å²) in [6, 6.07) is 11.5. The zero-order valence-electron chi connectivity index (χ0n) is 14.6. The Balaban J connectivity index is 1.80. The van der Waals surface area contributed by atoms with Gasteiger partial charge >= 0.3 is 6.18 Å². The third-order valence-corrected chi connectivity index (χ3v) is 3.84. The first-order valence-corrected chi connectivity index (χ1v) is 8.14. The summed E-state index contributed by atoms with van der Waals surface area (Å²) < 4.78 is 51.8. The van der Waals surface area contributed by atoms with Crippen molar-refractivity contribution in [2.24, 2.45) is 0 Å². The lowest BCUT2D eigenvalue weighted by Crippen LogP contribution is -2.22. The molecule has 1 amide bonds. The van der Waals surface area contributed by atoms with E-state index < -0.39 is 24.4 Å². The van der Waals surface area contributed by atoms with Gasteiger partial charge in [0.05, 0.1) is 22.8 Å². The predicted octanol–water partition coefficient (Wildman–Crippen LogP) is 3.94. The van der Waals surface area contributed by atoms with Crippen LogP contribution in [0.3, 0.4) is 0 Å². The molecule has 6 nitrogen and oxygen atoms in total. The van der Waals surface area contributed by atoms with Crippen molar-refractivity contribution in [3.63, 3.8) is 0 Å². The first kappa shape index (κ1) is 19.3. The minimum Gasteiger partial charge on any atom is -0.375 e. The molecule has 2 N–H and O–H groups in total. The molecule has 0 spiro atoms. The maximum Gasteiger partial charge on any atom is 0.405 e. The van der Waals surface area contributed by atoms with Crippen LogP contribution in [0.1, 0.15) is 16.2 Å². The highest BCUT2D eigenvalue weighted by atomic mass is 19.4. The monoisotopic (exact) mass is 393 g/mol. The Morgan fingerprint density at radius 1 is 1.07 bits per heavy atom. The van der Waals surface area contributed by atoms with Crippen molar-refractivity contribution in [2.75, 3.05) is 17.2 Å². The lowest BCUT2D eigenvalue weighted by molar-refractivity contribution is -0.115. The Kier molecular flexibility index (Phi) is 5.30. The van der Waals surface area contributed by atoms with E-state index in [9.17, 15) is 22.4 Å². The summed E-state index contributed by atoms with van der Waals surface area (Å²) in [5, 5.41) is 12.5. The number of carbonyl (C=O) groups is 1. The van der Waals surface area contributed by atoms with E-state index in [2.05, 4.69) is 20.9 Å². The lowest BCUT2D eigenvalue weighted by Gasteiger charge is -2.14. The van der Waals surface area contributed by atoms with Crippen molar-refractivity contribution in [3.8, 4) is 5.69 Å². The van der Waals surface area contributed by atoms with Crippen molar-refractivity contribution in [1.29, 1.82) is 0 Å². The van der Waals surface area contributed by atoms with Crippen LogP contribution < -0.4 is 10.6 Å². The molecule has 0 aliphatic carbocycles. The molecule has 1 heterocycles. The minimum absolute atomic E-state index is 0.00468. The molecule has 10 heteroatoms. The van der Waals surface area contributed by atoms with Gasteiger partial charge in [0.2, 0.25) is 0 Å². The number of para-hydroxylation sites is 2. The molecule has 28 heavy (non-hydrogen) atoms. The van der Waals surface area contributed by atoms with E-state index in [1.165, 1.54) is 41.1 Å².